The van der Waals surface area contributed by atoms with Gasteiger partial charge in [-0.1, -0.05) is 35.0 Å². The van der Waals surface area contributed by atoms with Gasteiger partial charge in [0, 0.05) is 38.7 Å². The second-order valence-corrected chi connectivity index (χ2v) is 7.75. The van der Waals surface area contributed by atoms with Crippen LogP contribution in [-0.2, 0) is 0 Å². The molecule has 0 bridgehead atoms. The van der Waals surface area contributed by atoms with Crippen molar-refractivity contribution in [2.75, 3.05) is 32.1 Å². The van der Waals surface area contributed by atoms with Gasteiger partial charge in [-0.25, -0.2) is 0 Å². The van der Waals surface area contributed by atoms with Crippen molar-refractivity contribution in [1.82, 2.24) is 20.3 Å². The molecule has 8 nitrogen and oxygen atoms in total. The first-order valence-corrected chi connectivity index (χ1v) is 10.00. The number of halogens is 1. The Hall–Kier alpha value is -3.13. The Balaban J connectivity index is 1.48. The molecular formula is C21H22ClN5O3. The number of rotatable bonds is 5. The van der Waals surface area contributed by atoms with Crippen molar-refractivity contribution >= 4 is 23.3 Å². The quantitative estimate of drug-likeness (QED) is 0.616. The summed E-state index contributed by atoms with van der Waals surface area (Å²) in [7, 11) is 3.79. The summed E-state index contributed by atoms with van der Waals surface area (Å²) in [6, 6.07) is 10.9. The van der Waals surface area contributed by atoms with Gasteiger partial charge < -0.3 is 19.1 Å². The van der Waals surface area contributed by atoms with Gasteiger partial charge in [-0.15, -0.1) is 10.2 Å². The van der Waals surface area contributed by atoms with Crippen LogP contribution < -0.4 is 9.64 Å². The summed E-state index contributed by atoms with van der Waals surface area (Å²) in [4.78, 5) is 16.9. The van der Waals surface area contributed by atoms with Crippen LogP contribution in [0, 0.1) is 6.92 Å². The lowest BCUT2D eigenvalue weighted by Gasteiger charge is -2.17. The van der Waals surface area contributed by atoms with E-state index in [1.807, 2.05) is 43.3 Å². The Labute approximate surface area is 179 Å². The van der Waals surface area contributed by atoms with Crippen LogP contribution in [0.25, 0.3) is 11.3 Å². The van der Waals surface area contributed by atoms with E-state index in [9.17, 15) is 4.79 Å². The second-order valence-electron chi connectivity index (χ2n) is 7.35. The molecule has 1 amide bonds. The number of aryl methyl sites for hydroxylation is 1. The van der Waals surface area contributed by atoms with E-state index in [1.54, 1.807) is 24.0 Å². The zero-order chi connectivity index (χ0) is 21.3. The monoisotopic (exact) mass is 427 g/mol. The topological polar surface area (TPSA) is 84.6 Å². The first kappa shape index (κ1) is 20.2. The highest BCUT2D eigenvalue weighted by Gasteiger charge is 2.33. The van der Waals surface area contributed by atoms with Gasteiger partial charge in [0.2, 0.25) is 5.88 Å². The lowest BCUT2D eigenvalue weighted by Crippen LogP contribution is -2.31. The molecule has 0 N–H and O–H groups in total. The Morgan fingerprint density at radius 2 is 2.03 bits per heavy atom. The van der Waals surface area contributed by atoms with Crippen LogP contribution in [0.15, 0.2) is 40.9 Å². The van der Waals surface area contributed by atoms with E-state index in [-0.39, 0.29) is 12.0 Å². The van der Waals surface area contributed by atoms with Crippen molar-refractivity contribution in [3.05, 3.63) is 52.7 Å². The zero-order valence-corrected chi connectivity index (χ0v) is 17.8. The minimum atomic E-state index is -0.155. The predicted octanol–water partition coefficient (Wildman–Crippen LogP) is 3.45. The van der Waals surface area contributed by atoms with Gasteiger partial charge in [0.15, 0.2) is 5.82 Å². The molecule has 0 spiro atoms. The third-order valence-corrected chi connectivity index (χ3v) is 5.34. The number of anilines is 1. The Kier molecular flexibility index (Phi) is 5.59. The van der Waals surface area contributed by atoms with Crippen molar-refractivity contribution in [3.8, 4) is 17.1 Å². The predicted molar refractivity (Wildman–Crippen MR) is 113 cm³/mol. The molecule has 3 heterocycles. The molecule has 1 unspecified atom stereocenters. The molecule has 3 aromatic rings. The minimum absolute atomic E-state index is 0.149. The molecule has 1 aromatic carbocycles. The third kappa shape index (κ3) is 3.95. The molecule has 0 radical (unpaired) electrons. The number of carbonyl (C=O) groups excluding carboxylic acids is 1. The van der Waals surface area contributed by atoms with Crippen LogP contribution in [0.3, 0.4) is 0 Å². The lowest BCUT2D eigenvalue weighted by molar-refractivity contribution is 0.0770. The lowest BCUT2D eigenvalue weighted by atomic mass is 10.1. The molecule has 2 aromatic heterocycles. The van der Waals surface area contributed by atoms with Gasteiger partial charge >= 0.3 is 0 Å². The van der Waals surface area contributed by atoms with Gasteiger partial charge in [0.1, 0.15) is 23.1 Å². The third-order valence-electron chi connectivity index (χ3n) is 5.01. The maximum Gasteiger partial charge on any atom is 0.259 e. The molecule has 1 aliphatic rings. The molecule has 30 heavy (non-hydrogen) atoms. The van der Waals surface area contributed by atoms with E-state index >= 15 is 0 Å². The van der Waals surface area contributed by atoms with Crippen molar-refractivity contribution in [2.45, 2.75) is 19.4 Å². The highest BCUT2D eigenvalue weighted by molar-refractivity contribution is 6.33. The highest BCUT2D eigenvalue weighted by atomic mass is 35.5. The fourth-order valence-electron chi connectivity index (χ4n) is 3.41. The number of nitrogens with zero attached hydrogens (tertiary/aromatic N) is 5. The van der Waals surface area contributed by atoms with Gasteiger partial charge in [0.25, 0.3) is 5.91 Å². The summed E-state index contributed by atoms with van der Waals surface area (Å²) in [6.07, 6.45) is 0.548. The largest absolute Gasteiger partial charge is 0.471 e. The molecule has 9 heteroatoms. The molecule has 1 fully saturated rings. The van der Waals surface area contributed by atoms with Crippen molar-refractivity contribution in [1.29, 1.82) is 0 Å². The van der Waals surface area contributed by atoms with Crippen molar-refractivity contribution in [2.24, 2.45) is 0 Å². The summed E-state index contributed by atoms with van der Waals surface area (Å²) in [5.74, 6) is 1.51. The summed E-state index contributed by atoms with van der Waals surface area (Å²) in [5, 5.41) is 12.8. The van der Waals surface area contributed by atoms with Crippen LogP contribution in [0.1, 0.15) is 22.5 Å². The average Bonchev–Trinajstić information content (AvgIpc) is 3.35. The van der Waals surface area contributed by atoms with Crippen molar-refractivity contribution < 1.29 is 14.1 Å². The SMILES string of the molecule is Cc1onc(-c2ccccc2Cl)c1C(=O)N1CCC(Oc2ccc(N(C)C)nn2)C1. The van der Waals surface area contributed by atoms with E-state index in [2.05, 4.69) is 15.4 Å². The maximum atomic E-state index is 13.2. The van der Waals surface area contributed by atoms with E-state index in [0.717, 1.165) is 5.82 Å². The Morgan fingerprint density at radius 3 is 2.73 bits per heavy atom. The van der Waals surface area contributed by atoms with Gasteiger partial charge in [-0.3, -0.25) is 4.79 Å². The molecule has 1 saturated heterocycles. The molecule has 1 atom stereocenters. The smallest absolute Gasteiger partial charge is 0.259 e. The first-order valence-electron chi connectivity index (χ1n) is 9.62. The zero-order valence-electron chi connectivity index (χ0n) is 17.0. The first-order chi connectivity index (χ1) is 14.4. The average molecular weight is 428 g/mol. The van der Waals surface area contributed by atoms with Gasteiger partial charge in [0.05, 0.1) is 11.6 Å². The Morgan fingerprint density at radius 1 is 1.23 bits per heavy atom. The van der Waals surface area contributed by atoms with Gasteiger partial charge in [-0.05, 0) is 19.1 Å². The Bertz CT molecular complexity index is 1050. The van der Waals surface area contributed by atoms with E-state index in [0.29, 0.717) is 53.0 Å². The number of hydrogen-bond acceptors (Lipinski definition) is 7. The van der Waals surface area contributed by atoms with Crippen LogP contribution in [0.2, 0.25) is 5.02 Å². The molecule has 0 aliphatic carbocycles. The fourth-order valence-corrected chi connectivity index (χ4v) is 3.64. The summed E-state index contributed by atoms with van der Waals surface area (Å²) >= 11 is 6.31. The molecular weight excluding hydrogens is 406 g/mol. The van der Waals surface area contributed by atoms with Gasteiger partial charge in [-0.2, -0.15) is 0 Å². The summed E-state index contributed by atoms with van der Waals surface area (Å²) in [6.45, 7) is 2.74. The van der Waals surface area contributed by atoms with Crippen LogP contribution >= 0.6 is 11.6 Å². The van der Waals surface area contributed by atoms with Crippen LogP contribution in [0.5, 0.6) is 5.88 Å². The number of hydrogen-bond donors (Lipinski definition) is 0. The van der Waals surface area contributed by atoms with Crippen LogP contribution in [0.4, 0.5) is 5.82 Å². The number of benzene rings is 1. The summed E-state index contributed by atoms with van der Waals surface area (Å²) in [5.41, 5.74) is 1.55. The number of aromatic nitrogens is 3. The normalized spacial score (nSPS) is 16.0. The highest BCUT2D eigenvalue weighted by Crippen LogP contribution is 2.32. The van der Waals surface area contributed by atoms with E-state index in [1.165, 1.54) is 0 Å². The molecule has 0 saturated carbocycles. The number of carbonyl (C=O) groups is 1. The number of ether oxygens (including phenoxy) is 1. The van der Waals surface area contributed by atoms with E-state index < -0.39 is 0 Å². The fraction of sp³-hybridized carbons (Fsp3) is 0.333. The standard InChI is InChI=1S/C21H22ClN5O3/c1-13-19(20(25-30-13)15-6-4-5-7-16(15)22)21(28)27-11-10-14(12-27)29-18-9-8-17(23-24-18)26(2)3/h4-9,14H,10-12H2,1-3H3. The molecule has 156 valence electrons. The molecule has 4 rings (SSSR count). The maximum absolute atomic E-state index is 13.2. The molecule has 1 aliphatic heterocycles. The van der Waals surface area contributed by atoms with E-state index in [4.69, 9.17) is 20.9 Å². The second kappa shape index (κ2) is 8.31. The van der Waals surface area contributed by atoms with Crippen molar-refractivity contribution in [3.63, 3.8) is 0 Å². The number of amides is 1. The summed E-state index contributed by atoms with van der Waals surface area (Å²) < 4.78 is 11.3. The minimum Gasteiger partial charge on any atom is -0.471 e. The van der Waals surface area contributed by atoms with Crippen LogP contribution in [-0.4, -0.2) is 59.4 Å². The number of likely N-dealkylation sites (tertiary alicyclic amines) is 1.